The third-order valence-electron chi connectivity index (χ3n) is 0.362. The SMILES string of the molecule is NCCSC(F)F. The summed E-state index contributed by atoms with van der Waals surface area (Å²) < 4.78 is 22.3. The first-order chi connectivity index (χ1) is 3.27. The standard InChI is InChI=1S/C3H7F2NS/c4-3(5)7-2-1-6/h3H,1-2,6H2. The maximum atomic E-state index is 11.1. The van der Waals surface area contributed by atoms with Crippen molar-refractivity contribution < 1.29 is 8.78 Å². The molecule has 0 fully saturated rings. The minimum atomic E-state index is -2.26. The molecule has 0 atom stereocenters. The number of hydrogen-bond donors (Lipinski definition) is 1. The van der Waals surface area contributed by atoms with E-state index in [-0.39, 0.29) is 0 Å². The molecule has 0 rings (SSSR count). The van der Waals surface area contributed by atoms with Crippen molar-refractivity contribution in [2.75, 3.05) is 12.3 Å². The fourth-order valence-electron chi connectivity index (χ4n) is 0.157. The van der Waals surface area contributed by atoms with E-state index < -0.39 is 5.76 Å². The molecular weight excluding hydrogens is 120 g/mol. The largest absolute Gasteiger partial charge is 0.330 e. The summed E-state index contributed by atoms with van der Waals surface area (Å²) in [5.74, 6) is -1.92. The van der Waals surface area contributed by atoms with Gasteiger partial charge in [0, 0.05) is 12.3 Å². The van der Waals surface area contributed by atoms with Crippen molar-refractivity contribution in [3.8, 4) is 0 Å². The van der Waals surface area contributed by atoms with Crippen LogP contribution in [0.25, 0.3) is 0 Å². The van der Waals surface area contributed by atoms with Crippen molar-refractivity contribution in [1.29, 1.82) is 0 Å². The monoisotopic (exact) mass is 127 g/mol. The van der Waals surface area contributed by atoms with Crippen LogP contribution in [0.1, 0.15) is 0 Å². The Morgan fingerprint density at radius 2 is 2.14 bits per heavy atom. The van der Waals surface area contributed by atoms with E-state index in [1.54, 1.807) is 0 Å². The van der Waals surface area contributed by atoms with Crippen LogP contribution in [-0.2, 0) is 0 Å². The van der Waals surface area contributed by atoms with Gasteiger partial charge in [-0.2, -0.15) is 8.78 Å². The Morgan fingerprint density at radius 3 is 2.29 bits per heavy atom. The van der Waals surface area contributed by atoms with Crippen molar-refractivity contribution in [3.05, 3.63) is 0 Å². The quantitative estimate of drug-likeness (QED) is 0.609. The molecule has 0 heterocycles. The van der Waals surface area contributed by atoms with E-state index in [0.717, 1.165) is 0 Å². The van der Waals surface area contributed by atoms with Crippen LogP contribution in [-0.4, -0.2) is 18.1 Å². The van der Waals surface area contributed by atoms with Crippen LogP contribution in [0.5, 0.6) is 0 Å². The number of thioether (sulfide) groups is 1. The second kappa shape index (κ2) is 4.33. The van der Waals surface area contributed by atoms with Crippen LogP contribution in [0.4, 0.5) is 8.78 Å². The lowest BCUT2D eigenvalue weighted by Crippen LogP contribution is -2.02. The van der Waals surface area contributed by atoms with Gasteiger partial charge in [0.1, 0.15) is 0 Å². The zero-order valence-electron chi connectivity index (χ0n) is 3.73. The number of halogens is 2. The first-order valence-electron chi connectivity index (χ1n) is 1.87. The predicted molar refractivity (Wildman–Crippen MR) is 27.5 cm³/mol. The molecule has 0 aromatic heterocycles. The molecule has 0 aliphatic heterocycles. The topological polar surface area (TPSA) is 26.0 Å². The summed E-state index contributed by atoms with van der Waals surface area (Å²) in [4.78, 5) is 0. The third kappa shape index (κ3) is 6.17. The number of alkyl halides is 2. The lowest BCUT2D eigenvalue weighted by molar-refractivity contribution is 0.252. The zero-order chi connectivity index (χ0) is 5.70. The summed E-state index contributed by atoms with van der Waals surface area (Å²) >= 11 is 0.573. The number of rotatable bonds is 3. The molecular formula is C3H7F2NS. The van der Waals surface area contributed by atoms with E-state index in [1.165, 1.54) is 0 Å². The van der Waals surface area contributed by atoms with Gasteiger partial charge in [-0.15, -0.1) is 0 Å². The van der Waals surface area contributed by atoms with Gasteiger partial charge in [-0.3, -0.25) is 0 Å². The average Bonchev–Trinajstić information content (AvgIpc) is 1.61. The summed E-state index contributed by atoms with van der Waals surface area (Å²) in [6.45, 7) is 0.328. The van der Waals surface area contributed by atoms with Gasteiger partial charge in [0.2, 0.25) is 0 Å². The summed E-state index contributed by atoms with van der Waals surface area (Å²) in [6.07, 6.45) is 0. The molecule has 0 saturated carbocycles. The van der Waals surface area contributed by atoms with Gasteiger partial charge in [0.15, 0.2) is 0 Å². The Bertz CT molecular complexity index is 41.9. The second-order valence-corrected chi connectivity index (χ2v) is 2.02. The molecule has 0 unspecified atom stereocenters. The van der Waals surface area contributed by atoms with Crippen LogP contribution in [0.2, 0.25) is 0 Å². The van der Waals surface area contributed by atoms with Crippen LogP contribution in [0.15, 0.2) is 0 Å². The minimum Gasteiger partial charge on any atom is -0.330 e. The van der Waals surface area contributed by atoms with Crippen molar-refractivity contribution >= 4 is 11.8 Å². The van der Waals surface area contributed by atoms with E-state index in [4.69, 9.17) is 5.73 Å². The first-order valence-corrected chi connectivity index (χ1v) is 2.92. The molecule has 0 aliphatic rings. The molecule has 0 aromatic rings. The van der Waals surface area contributed by atoms with Crippen molar-refractivity contribution in [2.24, 2.45) is 5.73 Å². The van der Waals surface area contributed by atoms with E-state index in [1.807, 2.05) is 0 Å². The van der Waals surface area contributed by atoms with E-state index in [9.17, 15) is 8.78 Å². The Morgan fingerprint density at radius 1 is 1.57 bits per heavy atom. The van der Waals surface area contributed by atoms with Crippen LogP contribution >= 0.6 is 11.8 Å². The molecule has 44 valence electrons. The molecule has 4 heteroatoms. The highest BCUT2D eigenvalue weighted by Gasteiger charge is 1.98. The maximum Gasteiger partial charge on any atom is 0.284 e. The highest BCUT2D eigenvalue weighted by molar-refractivity contribution is 7.99. The highest BCUT2D eigenvalue weighted by atomic mass is 32.2. The summed E-state index contributed by atoms with van der Waals surface area (Å²) in [5.41, 5.74) is 4.92. The van der Waals surface area contributed by atoms with Gasteiger partial charge < -0.3 is 5.73 Å². The predicted octanol–water partition coefficient (Wildman–Crippen LogP) is 0.901. The highest BCUT2D eigenvalue weighted by Crippen LogP contribution is 2.10. The lowest BCUT2D eigenvalue weighted by Gasteiger charge is -1.92. The molecule has 0 amide bonds. The molecule has 0 radical (unpaired) electrons. The first kappa shape index (κ1) is 7.17. The van der Waals surface area contributed by atoms with Crippen molar-refractivity contribution in [2.45, 2.75) is 5.76 Å². The molecule has 2 N–H and O–H groups in total. The van der Waals surface area contributed by atoms with Gasteiger partial charge in [-0.05, 0) is 0 Å². The van der Waals surface area contributed by atoms with Crippen molar-refractivity contribution in [3.63, 3.8) is 0 Å². The fraction of sp³-hybridized carbons (Fsp3) is 1.00. The summed E-state index contributed by atoms with van der Waals surface area (Å²) in [6, 6.07) is 0. The van der Waals surface area contributed by atoms with E-state index >= 15 is 0 Å². The molecule has 1 nitrogen and oxygen atoms in total. The normalized spacial score (nSPS) is 10.3. The van der Waals surface area contributed by atoms with Gasteiger partial charge in [0.25, 0.3) is 5.76 Å². The molecule has 7 heavy (non-hydrogen) atoms. The maximum absolute atomic E-state index is 11.1. The average molecular weight is 127 g/mol. The van der Waals surface area contributed by atoms with Gasteiger partial charge in [-0.1, -0.05) is 11.8 Å². The second-order valence-electron chi connectivity index (χ2n) is 0.920. The Hall–Kier alpha value is 0.170. The summed E-state index contributed by atoms with van der Waals surface area (Å²) in [5, 5.41) is 0. The fourth-order valence-corrected chi connectivity index (χ4v) is 0.471. The Labute approximate surface area is 45.3 Å². The summed E-state index contributed by atoms with van der Waals surface area (Å²) in [7, 11) is 0. The molecule has 0 spiro atoms. The van der Waals surface area contributed by atoms with Crippen LogP contribution < -0.4 is 5.73 Å². The van der Waals surface area contributed by atoms with Crippen molar-refractivity contribution in [1.82, 2.24) is 0 Å². The van der Waals surface area contributed by atoms with E-state index in [0.29, 0.717) is 24.1 Å². The molecule has 0 aromatic carbocycles. The number of hydrogen-bond acceptors (Lipinski definition) is 2. The van der Waals surface area contributed by atoms with Gasteiger partial charge in [0.05, 0.1) is 0 Å². The van der Waals surface area contributed by atoms with Gasteiger partial charge >= 0.3 is 0 Å². The van der Waals surface area contributed by atoms with Crippen LogP contribution in [0.3, 0.4) is 0 Å². The Kier molecular flexibility index (Phi) is 4.44. The molecule has 0 bridgehead atoms. The Balaban J connectivity index is 2.68. The van der Waals surface area contributed by atoms with Gasteiger partial charge in [-0.25, -0.2) is 0 Å². The molecule has 0 aliphatic carbocycles. The van der Waals surface area contributed by atoms with Crippen LogP contribution in [0, 0.1) is 0 Å². The smallest absolute Gasteiger partial charge is 0.284 e. The molecule has 0 saturated heterocycles. The minimum absolute atomic E-state index is 0.328. The lowest BCUT2D eigenvalue weighted by atomic mass is 10.8. The zero-order valence-corrected chi connectivity index (χ0v) is 4.55. The van der Waals surface area contributed by atoms with E-state index in [2.05, 4.69) is 0 Å². The number of nitrogens with two attached hydrogens (primary N) is 1. The third-order valence-corrected chi connectivity index (χ3v) is 1.09.